The van der Waals surface area contributed by atoms with Crippen molar-refractivity contribution in [1.29, 1.82) is 0 Å². The molecule has 0 aromatic heterocycles. The van der Waals surface area contributed by atoms with Gasteiger partial charge in [-0.1, -0.05) is 0 Å². The predicted molar refractivity (Wildman–Crippen MR) is 71.4 cm³/mol. The van der Waals surface area contributed by atoms with Gasteiger partial charge in [0.25, 0.3) is 0 Å². The number of likely N-dealkylation sites (tertiary alicyclic amines) is 1. The number of hydrogen-bond donors (Lipinski definition) is 2. The van der Waals surface area contributed by atoms with Gasteiger partial charge in [-0.15, -0.1) is 0 Å². The van der Waals surface area contributed by atoms with Crippen molar-refractivity contribution < 1.29 is 4.79 Å². The highest BCUT2D eigenvalue weighted by atomic mass is 16.2. The molecule has 2 heterocycles. The molecule has 4 heteroatoms. The van der Waals surface area contributed by atoms with Gasteiger partial charge in [0.15, 0.2) is 0 Å². The minimum Gasteiger partial charge on any atom is -0.353 e. The second kappa shape index (κ2) is 4.82. The van der Waals surface area contributed by atoms with Gasteiger partial charge in [0, 0.05) is 31.7 Å². The Morgan fingerprint density at radius 2 is 2.00 bits per heavy atom. The smallest absolute Gasteiger partial charge is 0.227 e. The number of hydrogen-bond acceptors (Lipinski definition) is 3. The molecule has 3 fully saturated rings. The Morgan fingerprint density at radius 1 is 1.28 bits per heavy atom. The summed E-state index contributed by atoms with van der Waals surface area (Å²) >= 11 is 0. The number of carbonyl (C=O) groups is 1. The van der Waals surface area contributed by atoms with Crippen molar-refractivity contribution in [3.8, 4) is 0 Å². The lowest BCUT2D eigenvalue weighted by molar-refractivity contribution is -0.130. The molecule has 0 aromatic carbocycles. The number of rotatable bonds is 3. The average Bonchev–Trinajstić information content (AvgIpc) is 3.13. The van der Waals surface area contributed by atoms with Gasteiger partial charge >= 0.3 is 0 Å². The van der Waals surface area contributed by atoms with Crippen LogP contribution in [0.3, 0.4) is 0 Å². The Kier molecular flexibility index (Phi) is 3.32. The topological polar surface area (TPSA) is 44.4 Å². The molecule has 3 rings (SSSR count). The average molecular weight is 251 g/mol. The first-order chi connectivity index (χ1) is 8.67. The number of piperidine rings is 1. The van der Waals surface area contributed by atoms with Crippen molar-refractivity contribution in [2.45, 2.75) is 51.1 Å². The second-order valence-corrected chi connectivity index (χ2v) is 6.50. The van der Waals surface area contributed by atoms with Gasteiger partial charge in [0.2, 0.25) is 5.91 Å². The summed E-state index contributed by atoms with van der Waals surface area (Å²) in [6.45, 7) is 6.24. The normalized spacial score (nSPS) is 34.7. The molecule has 3 aliphatic rings. The molecule has 2 saturated heterocycles. The number of nitrogens with zero attached hydrogens (tertiary/aromatic N) is 1. The summed E-state index contributed by atoms with van der Waals surface area (Å²) in [5.74, 6) is 0.261. The molecule has 1 atom stereocenters. The van der Waals surface area contributed by atoms with Crippen LogP contribution >= 0.6 is 0 Å². The maximum atomic E-state index is 12.3. The standard InChI is InChI=1S/C14H25N3O/c1-14(6-7-15-10-14)13(18)16-11-4-8-17(9-5-11)12-2-3-12/h11-12,15H,2-10H2,1H3,(H,16,18). The number of nitrogens with one attached hydrogen (secondary N) is 2. The Bertz CT molecular complexity index is 313. The Hall–Kier alpha value is -0.610. The van der Waals surface area contributed by atoms with Crippen LogP contribution in [0, 0.1) is 5.41 Å². The molecule has 0 spiro atoms. The van der Waals surface area contributed by atoms with Crippen LogP contribution in [-0.2, 0) is 4.79 Å². The summed E-state index contributed by atoms with van der Waals surface area (Å²) in [7, 11) is 0. The van der Waals surface area contributed by atoms with Crippen LogP contribution in [0.5, 0.6) is 0 Å². The van der Waals surface area contributed by atoms with E-state index in [2.05, 4.69) is 22.5 Å². The predicted octanol–water partition coefficient (Wildman–Crippen LogP) is 0.729. The molecule has 1 saturated carbocycles. The SMILES string of the molecule is CC1(C(=O)NC2CCN(C3CC3)CC2)CCNC1. The van der Waals surface area contributed by atoms with Crippen molar-refractivity contribution in [2.24, 2.45) is 5.41 Å². The van der Waals surface area contributed by atoms with Crippen LogP contribution in [0.25, 0.3) is 0 Å². The molecule has 1 aliphatic carbocycles. The van der Waals surface area contributed by atoms with E-state index >= 15 is 0 Å². The van der Waals surface area contributed by atoms with E-state index in [1.54, 1.807) is 0 Å². The molecule has 1 unspecified atom stereocenters. The molecule has 2 aliphatic heterocycles. The monoisotopic (exact) mass is 251 g/mol. The van der Waals surface area contributed by atoms with E-state index in [0.29, 0.717) is 6.04 Å². The molecule has 2 N–H and O–H groups in total. The molecule has 4 nitrogen and oxygen atoms in total. The highest BCUT2D eigenvalue weighted by Crippen LogP contribution is 2.30. The fourth-order valence-corrected chi connectivity index (χ4v) is 3.22. The third kappa shape index (κ3) is 2.54. The van der Waals surface area contributed by atoms with Crippen LogP contribution in [0.2, 0.25) is 0 Å². The minimum absolute atomic E-state index is 0.173. The summed E-state index contributed by atoms with van der Waals surface area (Å²) < 4.78 is 0. The van der Waals surface area contributed by atoms with Gasteiger partial charge in [-0.05, 0) is 45.6 Å². The fourth-order valence-electron chi connectivity index (χ4n) is 3.22. The van der Waals surface area contributed by atoms with Crippen molar-refractivity contribution in [3.05, 3.63) is 0 Å². The van der Waals surface area contributed by atoms with Gasteiger partial charge in [0.1, 0.15) is 0 Å². The zero-order valence-corrected chi connectivity index (χ0v) is 11.4. The third-order valence-electron chi connectivity index (χ3n) is 4.84. The molecule has 1 amide bonds. The number of carbonyl (C=O) groups excluding carboxylic acids is 1. The van der Waals surface area contributed by atoms with Crippen LogP contribution in [0.1, 0.15) is 39.0 Å². The lowest BCUT2D eigenvalue weighted by Crippen LogP contribution is -2.49. The summed E-state index contributed by atoms with van der Waals surface area (Å²) in [5, 5.41) is 6.57. The summed E-state index contributed by atoms with van der Waals surface area (Å²) in [6, 6.07) is 1.28. The Balaban J connectivity index is 1.47. The van der Waals surface area contributed by atoms with Gasteiger partial charge in [-0.3, -0.25) is 4.79 Å². The van der Waals surface area contributed by atoms with Gasteiger partial charge in [0.05, 0.1) is 5.41 Å². The van der Waals surface area contributed by atoms with E-state index in [1.165, 1.54) is 25.9 Å². The van der Waals surface area contributed by atoms with Crippen molar-refractivity contribution in [1.82, 2.24) is 15.5 Å². The molecule has 102 valence electrons. The zero-order chi connectivity index (χ0) is 12.6. The van der Waals surface area contributed by atoms with Crippen LogP contribution in [-0.4, -0.2) is 49.1 Å². The Morgan fingerprint density at radius 3 is 2.56 bits per heavy atom. The zero-order valence-electron chi connectivity index (χ0n) is 11.4. The fraction of sp³-hybridized carbons (Fsp3) is 0.929. The summed E-state index contributed by atoms with van der Waals surface area (Å²) in [5.41, 5.74) is -0.173. The second-order valence-electron chi connectivity index (χ2n) is 6.50. The van der Waals surface area contributed by atoms with Crippen LogP contribution < -0.4 is 10.6 Å². The first-order valence-electron chi connectivity index (χ1n) is 7.43. The molecular formula is C14H25N3O. The quantitative estimate of drug-likeness (QED) is 0.777. The van der Waals surface area contributed by atoms with Gasteiger partial charge in [-0.25, -0.2) is 0 Å². The van der Waals surface area contributed by atoms with Crippen molar-refractivity contribution in [2.75, 3.05) is 26.2 Å². The van der Waals surface area contributed by atoms with E-state index in [0.717, 1.165) is 38.4 Å². The van der Waals surface area contributed by atoms with Crippen LogP contribution in [0.4, 0.5) is 0 Å². The van der Waals surface area contributed by atoms with Crippen molar-refractivity contribution >= 4 is 5.91 Å². The van der Waals surface area contributed by atoms with Gasteiger partial charge < -0.3 is 15.5 Å². The maximum Gasteiger partial charge on any atom is 0.227 e. The summed E-state index contributed by atoms with van der Waals surface area (Å²) in [4.78, 5) is 14.9. The van der Waals surface area contributed by atoms with E-state index in [1.807, 2.05) is 0 Å². The van der Waals surface area contributed by atoms with E-state index < -0.39 is 0 Å². The van der Waals surface area contributed by atoms with Gasteiger partial charge in [-0.2, -0.15) is 0 Å². The third-order valence-corrected chi connectivity index (χ3v) is 4.84. The molecule has 18 heavy (non-hydrogen) atoms. The lowest BCUT2D eigenvalue weighted by atomic mass is 9.88. The Labute approximate surface area is 109 Å². The number of amides is 1. The highest BCUT2D eigenvalue weighted by molar-refractivity contribution is 5.83. The minimum atomic E-state index is -0.173. The highest BCUT2D eigenvalue weighted by Gasteiger charge is 2.38. The lowest BCUT2D eigenvalue weighted by Gasteiger charge is -2.34. The molecule has 0 radical (unpaired) electrons. The molecule has 0 bridgehead atoms. The van der Waals surface area contributed by atoms with E-state index in [-0.39, 0.29) is 11.3 Å². The first kappa shape index (κ1) is 12.4. The largest absolute Gasteiger partial charge is 0.353 e. The van der Waals surface area contributed by atoms with E-state index in [4.69, 9.17) is 0 Å². The molecular weight excluding hydrogens is 226 g/mol. The first-order valence-corrected chi connectivity index (χ1v) is 7.43. The van der Waals surface area contributed by atoms with Crippen molar-refractivity contribution in [3.63, 3.8) is 0 Å². The van der Waals surface area contributed by atoms with E-state index in [9.17, 15) is 4.79 Å². The molecule has 0 aromatic rings. The maximum absolute atomic E-state index is 12.3. The van der Waals surface area contributed by atoms with Crippen LogP contribution in [0.15, 0.2) is 0 Å². The summed E-state index contributed by atoms with van der Waals surface area (Å²) in [6.07, 6.45) is 6.01.